The molecule has 1 aromatic heterocycles. The number of piperidine rings is 1. The van der Waals surface area contributed by atoms with E-state index in [4.69, 9.17) is 14.6 Å². The quantitative estimate of drug-likeness (QED) is 0.843. The topological polar surface area (TPSA) is 83.9 Å². The Morgan fingerprint density at radius 2 is 2.24 bits per heavy atom. The van der Waals surface area contributed by atoms with Gasteiger partial charge in [0.1, 0.15) is 13.2 Å². The number of nitrogens with one attached hydrogen (secondary N) is 1. The number of hydrazine groups is 1. The summed E-state index contributed by atoms with van der Waals surface area (Å²) >= 11 is 0. The van der Waals surface area contributed by atoms with Crippen molar-refractivity contribution in [1.29, 1.82) is 0 Å². The predicted octanol–water partition coefficient (Wildman–Crippen LogP) is 0.654. The molecule has 3 rings (SSSR count). The van der Waals surface area contributed by atoms with Crippen LogP contribution in [0.4, 0.5) is 0 Å². The van der Waals surface area contributed by atoms with Crippen LogP contribution in [0.25, 0.3) is 0 Å². The Balaban J connectivity index is 1.56. The second kappa shape index (κ2) is 6.28. The molecule has 0 aliphatic carbocycles. The van der Waals surface area contributed by atoms with Gasteiger partial charge in [0, 0.05) is 19.2 Å². The second-order valence-corrected chi connectivity index (χ2v) is 5.28. The van der Waals surface area contributed by atoms with Crippen molar-refractivity contribution in [1.82, 2.24) is 15.4 Å². The van der Waals surface area contributed by atoms with Crippen LogP contribution in [-0.2, 0) is 11.3 Å². The molecule has 1 fully saturated rings. The van der Waals surface area contributed by atoms with E-state index in [2.05, 4.69) is 10.4 Å². The van der Waals surface area contributed by atoms with Gasteiger partial charge in [-0.1, -0.05) is 0 Å². The Morgan fingerprint density at radius 1 is 1.43 bits per heavy atom. The summed E-state index contributed by atoms with van der Waals surface area (Å²) in [4.78, 5) is 15.4. The molecule has 0 saturated carbocycles. The number of carboxylic acids is 1. The Morgan fingerprint density at radius 3 is 3.05 bits per heavy atom. The molecule has 0 spiro atoms. The molecule has 7 heteroatoms. The van der Waals surface area contributed by atoms with E-state index in [9.17, 15) is 4.79 Å². The third kappa shape index (κ3) is 3.43. The lowest BCUT2D eigenvalue weighted by molar-refractivity contribution is -0.144. The highest BCUT2D eigenvalue weighted by atomic mass is 16.6. The summed E-state index contributed by atoms with van der Waals surface area (Å²) in [5, 5.41) is 11.0. The summed E-state index contributed by atoms with van der Waals surface area (Å²) in [5.74, 6) is 0.377. The van der Waals surface area contributed by atoms with Crippen LogP contribution in [0.2, 0.25) is 0 Å². The Hall–Kier alpha value is -1.86. The highest BCUT2D eigenvalue weighted by Gasteiger charge is 2.25. The minimum absolute atomic E-state index is 0.292. The molecular formula is C14H19N3O4. The fourth-order valence-corrected chi connectivity index (χ4v) is 2.60. The predicted molar refractivity (Wildman–Crippen MR) is 74.0 cm³/mol. The van der Waals surface area contributed by atoms with Crippen LogP contribution in [-0.4, -0.2) is 47.4 Å². The molecule has 1 aromatic rings. The van der Waals surface area contributed by atoms with Crippen LogP contribution in [0.5, 0.6) is 11.5 Å². The highest BCUT2D eigenvalue weighted by molar-refractivity contribution is 5.70. The minimum Gasteiger partial charge on any atom is -0.486 e. The number of fused-ring (bicyclic) bond motifs is 1. The highest BCUT2D eigenvalue weighted by Crippen LogP contribution is 2.29. The SMILES string of the molecule is O=C(O)C1CCCN(NCc2cc3c(cn2)OCCO3)C1. The fourth-order valence-electron chi connectivity index (χ4n) is 2.60. The second-order valence-electron chi connectivity index (χ2n) is 5.28. The zero-order chi connectivity index (χ0) is 14.7. The first-order valence-corrected chi connectivity index (χ1v) is 7.18. The van der Waals surface area contributed by atoms with E-state index in [0.717, 1.165) is 30.8 Å². The van der Waals surface area contributed by atoms with Crippen molar-refractivity contribution in [2.75, 3.05) is 26.3 Å². The third-order valence-electron chi connectivity index (χ3n) is 3.74. The van der Waals surface area contributed by atoms with E-state index in [1.807, 2.05) is 11.1 Å². The fraction of sp³-hybridized carbons (Fsp3) is 0.571. The van der Waals surface area contributed by atoms with Gasteiger partial charge in [-0.05, 0) is 12.8 Å². The molecule has 3 heterocycles. The normalized spacial score (nSPS) is 22.0. The average Bonchev–Trinajstić information content (AvgIpc) is 2.53. The van der Waals surface area contributed by atoms with Crippen LogP contribution in [0.1, 0.15) is 18.5 Å². The van der Waals surface area contributed by atoms with E-state index in [0.29, 0.717) is 32.1 Å². The molecule has 0 aromatic carbocycles. The molecule has 2 N–H and O–H groups in total. The molecule has 2 aliphatic heterocycles. The summed E-state index contributed by atoms with van der Waals surface area (Å²) in [7, 11) is 0. The van der Waals surface area contributed by atoms with Gasteiger partial charge < -0.3 is 14.6 Å². The van der Waals surface area contributed by atoms with Gasteiger partial charge in [-0.25, -0.2) is 10.4 Å². The Labute approximate surface area is 122 Å². The number of carboxylic acid groups (broad SMARTS) is 1. The summed E-state index contributed by atoms with van der Waals surface area (Å²) in [6, 6.07) is 1.86. The first kappa shape index (κ1) is 14.1. The van der Waals surface area contributed by atoms with Crippen molar-refractivity contribution in [3.63, 3.8) is 0 Å². The van der Waals surface area contributed by atoms with Gasteiger partial charge in [-0.2, -0.15) is 0 Å². The van der Waals surface area contributed by atoms with Gasteiger partial charge in [-0.15, -0.1) is 0 Å². The largest absolute Gasteiger partial charge is 0.486 e. The van der Waals surface area contributed by atoms with E-state index in [-0.39, 0.29) is 5.92 Å². The maximum Gasteiger partial charge on any atom is 0.307 e. The van der Waals surface area contributed by atoms with E-state index in [1.165, 1.54) is 0 Å². The van der Waals surface area contributed by atoms with Crippen LogP contribution < -0.4 is 14.9 Å². The molecule has 7 nitrogen and oxygen atoms in total. The van der Waals surface area contributed by atoms with Crippen LogP contribution in [0, 0.1) is 5.92 Å². The zero-order valence-corrected chi connectivity index (χ0v) is 11.7. The van der Waals surface area contributed by atoms with Crippen LogP contribution >= 0.6 is 0 Å². The Kier molecular flexibility index (Phi) is 4.21. The monoisotopic (exact) mass is 293 g/mol. The number of pyridine rings is 1. The number of hydrogen-bond donors (Lipinski definition) is 2. The van der Waals surface area contributed by atoms with Crippen molar-refractivity contribution in [2.24, 2.45) is 5.92 Å². The smallest absolute Gasteiger partial charge is 0.307 e. The molecule has 1 unspecified atom stereocenters. The van der Waals surface area contributed by atoms with Crippen molar-refractivity contribution in [3.05, 3.63) is 18.0 Å². The molecule has 114 valence electrons. The van der Waals surface area contributed by atoms with Crippen molar-refractivity contribution in [2.45, 2.75) is 19.4 Å². The van der Waals surface area contributed by atoms with E-state index in [1.54, 1.807) is 6.20 Å². The lowest BCUT2D eigenvalue weighted by Crippen LogP contribution is -2.46. The van der Waals surface area contributed by atoms with E-state index >= 15 is 0 Å². The molecule has 0 amide bonds. The van der Waals surface area contributed by atoms with Gasteiger partial charge in [0.25, 0.3) is 0 Å². The van der Waals surface area contributed by atoms with Crippen molar-refractivity contribution < 1.29 is 19.4 Å². The Bertz CT molecular complexity index is 523. The number of aliphatic carboxylic acids is 1. The van der Waals surface area contributed by atoms with Crippen molar-refractivity contribution >= 4 is 5.97 Å². The summed E-state index contributed by atoms with van der Waals surface area (Å²) in [6.45, 7) is 3.03. The standard InChI is InChI=1S/C14H19N3O4/c18-14(19)10-2-1-3-17(9-10)16-7-11-6-12-13(8-15-11)21-5-4-20-12/h6,8,10,16H,1-5,7,9H2,(H,18,19). The maximum atomic E-state index is 11.0. The number of aromatic nitrogens is 1. The minimum atomic E-state index is -0.723. The average molecular weight is 293 g/mol. The molecule has 1 atom stereocenters. The zero-order valence-electron chi connectivity index (χ0n) is 11.7. The maximum absolute atomic E-state index is 11.0. The molecule has 2 aliphatic rings. The van der Waals surface area contributed by atoms with Gasteiger partial charge in [-0.3, -0.25) is 9.78 Å². The molecule has 0 bridgehead atoms. The van der Waals surface area contributed by atoms with Gasteiger partial charge in [0.05, 0.1) is 24.4 Å². The third-order valence-corrected chi connectivity index (χ3v) is 3.74. The number of rotatable bonds is 4. The van der Waals surface area contributed by atoms with Gasteiger partial charge in [0.15, 0.2) is 11.5 Å². The number of hydrogen-bond acceptors (Lipinski definition) is 6. The summed E-state index contributed by atoms with van der Waals surface area (Å²) < 4.78 is 11.0. The number of nitrogens with zero attached hydrogens (tertiary/aromatic N) is 2. The van der Waals surface area contributed by atoms with Crippen LogP contribution in [0.15, 0.2) is 12.3 Å². The first-order valence-electron chi connectivity index (χ1n) is 7.18. The number of ether oxygens (including phenoxy) is 2. The summed E-state index contributed by atoms with van der Waals surface area (Å²) in [6.07, 6.45) is 3.30. The lowest BCUT2D eigenvalue weighted by atomic mass is 10.00. The lowest BCUT2D eigenvalue weighted by Gasteiger charge is -2.31. The first-order chi connectivity index (χ1) is 10.2. The summed E-state index contributed by atoms with van der Waals surface area (Å²) in [5.41, 5.74) is 4.08. The number of carbonyl (C=O) groups is 1. The van der Waals surface area contributed by atoms with Gasteiger partial charge >= 0.3 is 5.97 Å². The molecule has 0 radical (unpaired) electrons. The van der Waals surface area contributed by atoms with Crippen molar-refractivity contribution in [3.8, 4) is 11.5 Å². The van der Waals surface area contributed by atoms with Gasteiger partial charge in [0.2, 0.25) is 0 Å². The molecular weight excluding hydrogens is 274 g/mol. The molecule has 21 heavy (non-hydrogen) atoms. The van der Waals surface area contributed by atoms with Crippen LogP contribution in [0.3, 0.4) is 0 Å². The van der Waals surface area contributed by atoms with E-state index < -0.39 is 5.97 Å². The molecule has 1 saturated heterocycles.